The van der Waals surface area contributed by atoms with Crippen molar-refractivity contribution in [2.24, 2.45) is 7.05 Å². The van der Waals surface area contributed by atoms with Crippen LogP contribution in [0.4, 0.5) is 4.79 Å². The molecule has 0 atom stereocenters. The smallest absolute Gasteiger partial charge is 0.413 e. The molecule has 8 nitrogen and oxygen atoms in total. The van der Waals surface area contributed by atoms with Crippen molar-refractivity contribution in [1.82, 2.24) is 14.9 Å². The summed E-state index contributed by atoms with van der Waals surface area (Å²) < 4.78 is 11.5. The summed E-state index contributed by atoms with van der Waals surface area (Å²) in [6.07, 6.45) is 3.67. The maximum Gasteiger partial charge on any atom is 0.413 e. The zero-order valence-electron chi connectivity index (χ0n) is 18.6. The highest BCUT2D eigenvalue weighted by Gasteiger charge is 2.12. The van der Waals surface area contributed by atoms with Gasteiger partial charge in [0.1, 0.15) is 18.3 Å². The fourth-order valence-electron chi connectivity index (χ4n) is 3.20. The summed E-state index contributed by atoms with van der Waals surface area (Å²) in [7, 11) is 3.32. The molecule has 1 aromatic heterocycles. The summed E-state index contributed by atoms with van der Waals surface area (Å²) in [6, 6.07) is 15.1. The van der Waals surface area contributed by atoms with Crippen molar-refractivity contribution in [3.05, 3.63) is 78.5 Å². The van der Waals surface area contributed by atoms with Crippen LogP contribution in [0.15, 0.2) is 67.4 Å². The number of carbonyl (C=O) groups is 2. The van der Waals surface area contributed by atoms with Crippen LogP contribution in [0.1, 0.15) is 17.5 Å². The normalized spacial score (nSPS) is 10.4. The molecule has 0 radical (unpaired) electrons. The molecule has 1 heterocycles. The van der Waals surface area contributed by atoms with Crippen molar-refractivity contribution >= 4 is 17.9 Å². The number of amidine groups is 1. The highest BCUT2D eigenvalue weighted by molar-refractivity contribution is 6.04. The minimum atomic E-state index is -0.699. The molecule has 1 amide bonds. The summed E-state index contributed by atoms with van der Waals surface area (Å²) in [5, 5.41) is 10.4. The number of benzene rings is 2. The third-order valence-electron chi connectivity index (χ3n) is 4.96. The van der Waals surface area contributed by atoms with Gasteiger partial charge in [0.25, 0.3) is 0 Å². The first kappa shape index (κ1) is 23.5. The number of imidazole rings is 1. The topological polar surface area (TPSA) is 106 Å². The Morgan fingerprint density at radius 1 is 1.12 bits per heavy atom. The molecular weight excluding hydrogens is 420 g/mol. The standard InChI is InChI=1S/C25H26N4O4/c1-4-15-33-25(31)28-23(26)19-12-10-18(11-13-19)21-16-29(2)24(27-21)20-8-5-17(6-9-20)7-14-22(30)32-3/h4-6,8-13,16H,1,7,14-15H2,2-3H3,(H2,26,28,31). The molecule has 0 spiro atoms. The quantitative estimate of drug-likeness (QED) is 0.235. The van der Waals surface area contributed by atoms with Gasteiger partial charge in [0.15, 0.2) is 0 Å². The zero-order chi connectivity index (χ0) is 23.8. The minimum absolute atomic E-state index is 0.0513. The summed E-state index contributed by atoms with van der Waals surface area (Å²) in [6.45, 7) is 3.55. The van der Waals surface area contributed by atoms with Crippen molar-refractivity contribution in [2.75, 3.05) is 13.7 Å². The zero-order valence-corrected chi connectivity index (χ0v) is 18.6. The molecule has 2 N–H and O–H groups in total. The largest absolute Gasteiger partial charge is 0.469 e. The van der Waals surface area contributed by atoms with Crippen molar-refractivity contribution in [3.63, 3.8) is 0 Å². The Balaban J connectivity index is 1.69. The molecule has 33 heavy (non-hydrogen) atoms. The van der Waals surface area contributed by atoms with Gasteiger partial charge in [0.05, 0.1) is 12.8 Å². The van der Waals surface area contributed by atoms with E-state index in [9.17, 15) is 9.59 Å². The first-order valence-corrected chi connectivity index (χ1v) is 10.3. The van der Waals surface area contributed by atoms with Crippen molar-refractivity contribution in [1.29, 1.82) is 5.41 Å². The van der Waals surface area contributed by atoms with Gasteiger partial charge in [-0.2, -0.15) is 0 Å². The predicted octanol–water partition coefficient (Wildman–Crippen LogP) is 4.10. The second kappa shape index (κ2) is 10.9. The molecule has 0 aliphatic rings. The van der Waals surface area contributed by atoms with Crippen LogP contribution in [0.5, 0.6) is 0 Å². The van der Waals surface area contributed by atoms with Gasteiger partial charge >= 0.3 is 12.1 Å². The minimum Gasteiger partial charge on any atom is -0.469 e. The van der Waals surface area contributed by atoms with E-state index in [0.29, 0.717) is 18.4 Å². The maximum atomic E-state index is 11.6. The Morgan fingerprint density at radius 2 is 1.79 bits per heavy atom. The van der Waals surface area contributed by atoms with Crippen LogP contribution < -0.4 is 5.32 Å². The molecule has 170 valence electrons. The van der Waals surface area contributed by atoms with E-state index >= 15 is 0 Å². The summed E-state index contributed by atoms with van der Waals surface area (Å²) in [5.41, 5.74) is 4.24. The molecule has 3 aromatic rings. The van der Waals surface area contributed by atoms with E-state index in [1.54, 1.807) is 12.1 Å². The maximum absolute atomic E-state index is 11.6. The van der Waals surface area contributed by atoms with E-state index < -0.39 is 6.09 Å². The molecule has 0 saturated heterocycles. The second-order valence-electron chi connectivity index (χ2n) is 7.30. The molecule has 0 aliphatic heterocycles. The first-order valence-electron chi connectivity index (χ1n) is 10.3. The molecule has 2 aromatic carbocycles. The lowest BCUT2D eigenvalue weighted by molar-refractivity contribution is -0.140. The SMILES string of the molecule is C=CCOC(=O)NC(=N)c1ccc(-c2cn(C)c(-c3ccc(CCC(=O)OC)cc3)n2)cc1. The molecule has 8 heteroatoms. The third kappa shape index (κ3) is 6.16. The number of rotatable bonds is 8. The lowest BCUT2D eigenvalue weighted by atomic mass is 10.1. The van der Waals surface area contributed by atoms with Crippen LogP contribution in [0, 0.1) is 5.41 Å². The lowest BCUT2D eigenvalue weighted by Gasteiger charge is -2.07. The van der Waals surface area contributed by atoms with E-state index in [1.165, 1.54) is 13.2 Å². The van der Waals surface area contributed by atoms with Crippen LogP contribution in [-0.4, -0.2) is 41.2 Å². The van der Waals surface area contributed by atoms with Crippen molar-refractivity contribution < 1.29 is 19.1 Å². The Labute approximate surface area is 192 Å². The van der Waals surface area contributed by atoms with E-state index in [-0.39, 0.29) is 18.4 Å². The fraction of sp³-hybridized carbons (Fsp3) is 0.200. The molecule has 0 aliphatic carbocycles. The number of nitrogens with one attached hydrogen (secondary N) is 2. The Bertz CT molecular complexity index is 1150. The highest BCUT2D eigenvalue weighted by atomic mass is 16.5. The summed E-state index contributed by atoms with van der Waals surface area (Å²) in [4.78, 5) is 27.7. The number of hydrogen-bond acceptors (Lipinski definition) is 6. The number of amides is 1. The van der Waals surface area contributed by atoms with Gasteiger partial charge in [-0.3, -0.25) is 15.5 Å². The average molecular weight is 447 g/mol. The van der Waals surface area contributed by atoms with Gasteiger partial charge in [-0.25, -0.2) is 9.78 Å². The van der Waals surface area contributed by atoms with Crippen LogP contribution in [0.25, 0.3) is 22.6 Å². The molecule has 0 saturated carbocycles. The van der Waals surface area contributed by atoms with Gasteiger partial charge in [-0.05, 0) is 12.0 Å². The number of nitrogens with zero attached hydrogens (tertiary/aromatic N) is 2. The number of alkyl carbamates (subject to hydrolysis) is 1. The Hall–Kier alpha value is -4.20. The lowest BCUT2D eigenvalue weighted by Crippen LogP contribution is -2.31. The van der Waals surface area contributed by atoms with E-state index in [2.05, 4.69) is 16.6 Å². The second-order valence-corrected chi connectivity index (χ2v) is 7.30. The molecule has 0 unspecified atom stereocenters. The average Bonchev–Trinajstić information content (AvgIpc) is 3.23. The molecule has 0 bridgehead atoms. The van der Waals surface area contributed by atoms with Crippen molar-refractivity contribution in [2.45, 2.75) is 12.8 Å². The predicted molar refractivity (Wildman–Crippen MR) is 126 cm³/mol. The van der Waals surface area contributed by atoms with Gasteiger partial charge in [-0.15, -0.1) is 0 Å². The van der Waals surface area contributed by atoms with E-state index in [1.807, 2.05) is 54.2 Å². The molecule has 0 fully saturated rings. The molecular formula is C25H26N4O4. The van der Waals surface area contributed by atoms with Gasteiger partial charge in [0.2, 0.25) is 0 Å². The van der Waals surface area contributed by atoms with Crippen LogP contribution in [0.2, 0.25) is 0 Å². The summed E-state index contributed by atoms with van der Waals surface area (Å²) in [5.74, 6) is 0.537. The number of ether oxygens (including phenoxy) is 2. The van der Waals surface area contributed by atoms with Gasteiger partial charge < -0.3 is 14.0 Å². The van der Waals surface area contributed by atoms with Crippen LogP contribution in [0.3, 0.4) is 0 Å². The van der Waals surface area contributed by atoms with Crippen molar-refractivity contribution in [3.8, 4) is 22.6 Å². The Morgan fingerprint density at radius 3 is 2.42 bits per heavy atom. The Kier molecular flexibility index (Phi) is 7.75. The number of aryl methyl sites for hydroxylation is 2. The highest BCUT2D eigenvalue weighted by Crippen LogP contribution is 2.25. The fourth-order valence-corrected chi connectivity index (χ4v) is 3.20. The number of carbonyl (C=O) groups excluding carboxylic acids is 2. The number of esters is 1. The van der Waals surface area contributed by atoms with Crippen LogP contribution in [-0.2, 0) is 27.7 Å². The monoisotopic (exact) mass is 446 g/mol. The number of methoxy groups -OCH3 is 1. The number of aromatic nitrogens is 2. The summed E-state index contributed by atoms with van der Waals surface area (Å²) >= 11 is 0. The first-order chi connectivity index (χ1) is 15.9. The van der Waals surface area contributed by atoms with Gasteiger partial charge in [0, 0.05) is 36.4 Å². The van der Waals surface area contributed by atoms with E-state index in [0.717, 1.165) is 28.2 Å². The van der Waals surface area contributed by atoms with Gasteiger partial charge in [-0.1, -0.05) is 61.2 Å². The number of hydrogen-bond donors (Lipinski definition) is 2. The van der Waals surface area contributed by atoms with Crippen LogP contribution >= 0.6 is 0 Å². The third-order valence-corrected chi connectivity index (χ3v) is 4.96. The molecule has 3 rings (SSSR count). The van der Waals surface area contributed by atoms with E-state index in [4.69, 9.17) is 15.1 Å².